The standard InChI is InChI=1S/C21H20O10/c1-28-15-4-9(2-3-12(15)24)20-16(30-21-19(27)18(26)17(8-22)31-21)7-11-13(25)5-10(23)6-14(11)29-20/h2-7,17-19,21-22,26-27H,8H2,1H3,(H2-,23,24,25)/p+1/t17-,18-,19+,21+/m1/s1. The Bertz CT molecular complexity index is 1120. The van der Waals surface area contributed by atoms with Gasteiger partial charge in [0.15, 0.2) is 11.5 Å². The second kappa shape index (κ2) is 8.08. The predicted molar refractivity (Wildman–Crippen MR) is 106 cm³/mol. The van der Waals surface area contributed by atoms with E-state index in [2.05, 4.69) is 0 Å². The minimum Gasteiger partial charge on any atom is -0.507 e. The Hall–Kier alpha value is -3.31. The maximum atomic E-state index is 10.2. The highest BCUT2D eigenvalue weighted by molar-refractivity contribution is 5.88. The van der Waals surface area contributed by atoms with Crippen LogP contribution < -0.4 is 9.47 Å². The van der Waals surface area contributed by atoms with E-state index < -0.39 is 31.2 Å². The number of rotatable bonds is 5. The molecule has 0 amide bonds. The molecule has 0 radical (unpaired) electrons. The number of aliphatic hydroxyl groups is 3. The molecular formula is C21H21O10+. The van der Waals surface area contributed by atoms with Crippen molar-refractivity contribution in [3.8, 4) is 40.1 Å². The fraction of sp³-hybridized carbons (Fsp3) is 0.286. The molecule has 6 N–H and O–H groups in total. The predicted octanol–water partition coefficient (Wildman–Crippen LogP) is 1.32. The number of aliphatic hydroxyl groups excluding tert-OH is 3. The van der Waals surface area contributed by atoms with Crippen molar-refractivity contribution in [2.45, 2.75) is 24.6 Å². The number of hydrogen-bond donors (Lipinski definition) is 6. The molecule has 2 aromatic carbocycles. The van der Waals surface area contributed by atoms with Crippen LogP contribution in [-0.2, 0) is 4.74 Å². The zero-order chi connectivity index (χ0) is 22.3. The summed E-state index contributed by atoms with van der Waals surface area (Å²) >= 11 is 0. The summed E-state index contributed by atoms with van der Waals surface area (Å²) in [6, 6.07) is 8.22. The third-order valence-corrected chi connectivity index (χ3v) is 5.00. The Balaban J connectivity index is 1.85. The first-order valence-electron chi connectivity index (χ1n) is 9.31. The van der Waals surface area contributed by atoms with Crippen molar-refractivity contribution >= 4 is 11.0 Å². The van der Waals surface area contributed by atoms with Gasteiger partial charge >= 0.3 is 11.3 Å². The SMILES string of the molecule is COc1cc(-c2[o+]c3cc(O)cc(O)c3cc2O[C@H]2O[C@H](CO)[C@@H](O)[C@@H]2O)ccc1O. The number of ether oxygens (including phenoxy) is 3. The Morgan fingerprint density at radius 2 is 1.74 bits per heavy atom. The van der Waals surface area contributed by atoms with Crippen molar-refractivity contribution in [1.29, 1.82) is 0 Å². The number of fused-ring (bicyclic) bond motifs is 1. The van der Waals surface area contributed by atoms with E-state index in [-0.39, 0.29) is 45.5 Å². The summed E-state index contributed by atoms with van der Waals surface area (Å²) in [5.41, 5.74) is 0.536. The van der Waals surface area contributed by atoms with Gasteiger partial charge in [0.25, 0.3) is 0 Å². The van der Waals surface area contributed by atoms with Crippen LogP contribution in [0.15, 0.2) is 40.8 Å². The first-order chi connectivity index (χ1) is 14.8. The third-order valence-electron chi connectivity index (χ3n) is 5.00. The minimum absolute atomic E-state index is 0.0241. The van der Waals surface area contributed by atoms with Gasteiger partial charge in [-0.15, -0.1) is 0 Å². The third kappa shape index (κ3) is 3.77. The normalized spacial score (nSPS) is 23.2. The first-order valence-corrected chi connectivity index (χ1v) is 9.31. The Morgan fingerprint density at radius 1 is 0.968 bits per heavy atom. The van der Waals surface area contributed by atoms with Gasteiger partial charge < -0.3 is 44.8 Å². The molecule has 1 aliphatic rings. The minimum atomic E-state index is -1.46. The molecule has 31 heavy (non-hydrogen) atoms. The molecule has 4 atom stereocenters. The number of aromatic hydroxyl groups is 3. The van der Waals surface area contributed by atoms with E-state index in [1.54, 1.807) is 0 Å². The van der Waals surface area contributed by atoms with Crippen molar-refractivity contribution in [2.24, 2.45) is 0 Å². The number of methoxy groups -OCH3 is 1. The molecular weight excluding hydrogens is 412 g/mol. The molecule has 0 aliphatic carbocycles. The zero-order valence-electron chi connectivity index (χ0n) is 16.3. The molecule has 1 fully saturated rings. The van der Waals surface area contributed by atoms with Crippen molar-refractivity contribution in [3.63, 3.8) is 0 Å². The monoisotopic (exact) mass is 433 g/mol. The first kappa shape index (κ1) is 20.9. The Morgan fingerprint density at radius 3 is 2.42 bits per heavy atom. The van der Waals surface area contributed by atoms with E-state index in [0.29, 0.717) is 5.56 Å². The lowest BCUT2D eigenvalue weighted by Gasteiger charge is -2.16. The van der Waals surface area contributed by atoms with Gasteiger partial charge in [-0.3, -0.25) is 0 Å². The number of phenolic OH excluding ortho intramolecular Hbond substituents is 3. The van der Waals surface area contributed by atoms with Gasteiger partial charge in [-0.2, -0.15) is 0 Å². The van der Waals surface area contributed by atoms with Gasteiger partial charge in [0.05, 0.1) is 25.3 Å². The lowest BCUT2D eigenvalue weighted by molar-refractivity contribution is -0.116. The van der Waals surface area contributed by atoms with Crippen LogP contribution in [-0.4, -0.2) is 69.0 Å². The Labute approximate surface area is 175 Å². The Kier molecular flexibility index (Phi) is 5.46. The topological polar surface area (TPSA) is 160 Å². The van der Waals surface area contributed by atoms with Crippen LogP contribution in [0.1, 0.15) is 0 Å². The van der Waals surface area contributed by atoms with Crippen LogP contribution in [0, 0.1) is 0 Å². The lowest BCUT2D eigenvalue weighted by Crippen LogP contribution is -2.35. The van der Waals surface area contributed by atoms with E-state index in [0.717, 1.165) is 6.07 Å². The van der Waals surface area contributed by atoms with E-state index in [1.807, 2.05) is 0 Å². The fourth-order valence-electron chi connectivity index (χ4n) is 3.38. The molecule has 0 bridgehead atoms. The molecule has 2 heterocycles. The van der Waals surface area contributed by atoms with Gasteiger partial charge in [0, 0.05) is 18.2 Å². The molecule has 164 valence electrons. The molecule has 3 aromatic rings. The molecule has 1 saturated heterocycles. The summed E-state index contributed by atoms with van der Waals surface area (Å²) in [6.45, 7) is -0.526. The molecule has 1 aliphatic heterocycles. The highest BCUT2D eigenvalue weighted by Gasteiger charge is 2.45. The molecule has 0 spiro atoms. The molecule has 10 nitrogen and oxygen atoms in total. The highest BCUT2D eigenvalue weighted by Crippen LogP contribution is 2.42. The van der Waals surface area contributed by atoms with Gasteiger partial charge in [-0.25, -0.2) is 4.42 Å². The summed E-state index contributed by atoms with van der Waals surface area (Å²) in [4.78, 5) is 0. The van der Waals surface area contributed by atoms with Crippen LogP contribution >= 0.6 is 0 Å². The van der Waals surface area contributed by atoms with E-state index >= 15 is 0 Å². The maximum Gasteiger partial charge on any atom is 0.402 e. The smallest absolute Gasteiger partial charge is 0.402 e. The lowest BCUT2D eigenvalue weighted by atomic mass is 10.1. The van der Waals surface area contributed by atoms with Crippen LogP contribution in [0.3, 0.4) is 0 Å². The largest absolute Gasteiger partial charge is 0.507 e. The average molecular weight is 433 g/mol. The highest BCUT2D eigenvalue weighted by atomic mass is 16.7. The van der Waals surface area contributed by atoms with E-state index in [9.17, 15) is 30.6 Å². The quantitative estimate of drug-likeness (QED) is 0.324. The van der Waals surface area contributed by atoms with Crippen LogP contribution in [0.25, 0.3) is 22.3 Å². The van der Waals surface area contributed by atoms with Crippen molar-refractivity contribution in [3.05, 3.63) is 36.4 Å². The van der Waals surface area contributed by atoms with Gasteiger partial charge in [-0.05, 0) is 12.1 Å². The van der Waals surface area contributed by atoms with Crippen LogP contribution in [0.4, 0.5) is 0 Å². The molecule has 4 rings (SSSR count). The van der Waals surface area contributed by atoms with Crippen LogP contribution in [0.5, 0.6) is 28.7 Å². The van der Waals surface area contributed by atoms with Gasteiger partial charge in [0.2, 0.25) is 12.0 Å². The summed E-state index contributed by atoms with van der Waals surface area (Å²) in [7, 11) is 1.38. The molecule has 0 unspecified atom stereocenters. The van der Waals surface area contributed by atoms with Crippen molar-refractivity contribution in [2.75, 3.05) is 13.7 Å². The summed E-state index contributed by atoms with van der Waals surface area (Å²) in [6.07, 6.45) is -5.20. The van der Waals surface area contributed by atoms with Crippen LogP contribution in [0.2, 0.25) is 0 Å². The van der Waals surface area contributed by atoms with Gasteiger partial charge in [0.1, 0.15) is 35.2 Å². The number of benzene rings is 2. The fourth-order valence-corrected chi connectivity index (χ4v) is 3.38. The second-order valence-electron chi connectivity index (χ2n) is 7.03. The zero-order valence-corrected chi connectivity index (χ0v) is 16.3. The van der Waals surface area contributed by atoms with E-state index in [4.69, 9.17) is 18.6 Å². The van der Waals surface area contributed by atoms with Crippen molar-refractivity contribution in [1.82, 2.24) is 0 Å². The molecule has 0 saturated carbocycles. The summed E-state index contributed by atoms with van der Waals surface area (Å²) in [5, 5.41) is 59.6. The number of hydrogen-bond acceptors (Lipinski definition) is 9. The average Bonchev–Trinajstić information content (AvgIpc) is 3.02. The van der Waals surface area contributed by atoms with E-state index in [1.165, 1.54) is 37.4 Å². The number of phenols is 3. The molecule has 10 heteroatoms. The second-order valence-corrected chi connectivity index (χ2v) is 7.03. The maximum absolute atomic E-state index is 10.2. The van der Waals surface area contributed by atoms with Gasteiger partial charge in [-0.1, -0.05) is 0 Å². The molecule has 1 aromatic heterocycles. The van der Waals surface area contributed by atoms with Crippen molar-refractivity contribution < 1.29 is 49.3 Å². The summed E-state index contributed by atoms with van der Waals surface area (Å²) in [5.74, 6) is -0.317. The summed E-state index contributed by atoms with van der Waals surface area (Å²) < 4.78 is 22.1.